The van der Waals surface area contributed by atoms with Crippen molar-refractivity contribution in [3.63, 3.8) is 0 Å². The van der Waals surface area contributed by atoms with Gasteiger partial charge in [-0.25, -0.2) is 0 Å². The summed E-state index contributed by atoms with van der Waals surface area (Å²) in [7, 11) is 0. The molecule has 0 radical (unpaired) electrons. The monoisotopic (exact) mass is 164 g/mol. The Kier molecular flexibility index (Phi) is 3.11. The third-order valence-corrected chi connectivity index (χ3v) is 2.03. The van der Waals surface area contributed by atoms with Crippen LogP contribution in [0.3, 0.4) is 0 Å². The van der Waals surface area contributed by atoms with Crippen LogP contribution in [-0.2, 0) is 13.0 Å². The van der Waals surface area contributed by atoms with Crippen molar-refractivity contribution < 1.29 is 0 Å². The molecule has 0 fully saturated rings. The van der Waals surface area contributed by atoms with Crippen molar-refractivity contribution in [1.82, 2.24) is 0 Å². The van der Waals surface area contributed by atoms with E-state index < -0.39 is 0 Å². The van der Waals surface area contributed by atoms with E-state index in [-0.39, 0.29) is 0 Å². The predicted octanol–water partition coefficient (Wildman–Crippen LogP) is 1.68. The number of aryl methyl sites for hydroxylation is 1. The van der Waals surface area contributed by atoms with Crippen LogP contribution in [0.5, 0.6) is 0 Å². The van der Waals surface area contributed by atoms with Crippen LogP contribution in [0.4, 0.5) is 5.69 Å². The molecule has 0 amide bonds. The van der Waals surface area contributed by atoms with Crippen molar-refractivity contribution in [2.24, 2.45) is 5.73 Å². The van der Waals surface area contributed by atoms with Gasteiger partial charge < -0.3 is 11.5 Å². The number of anilines is 1. The molecule has 4 N–H and O–H groups in total. The second kappa shape index (κ2) is 4.12. The fourth-order valence-electron chi connectivity index (χ4n) is 1.33. The molecule has 0 bridgehead atoms. The number of hydrogen-bond donors (Lipinski definition) is 2. The average Bonchev–Trinajstić information content (AvgIpc) is 2.09. The van der Waals surface area contributed by atoms with Crippen LogP contribution < -0.4 is 11.5 Å². The molecule has 0 aromatic heterocycles. The van der Waals surface area contributed by atoms with Gasteiger partial charge in [-0.3, -0.25) is 0 Å². The molecular formula is C10H16N2. The van der Waals surface area contributed by atoms with Gasteiger partial charge in [-0.15, -0.1) is 0 Å². The molecule has 2 heteroatoms. The van der Waals surface area contributed by atoms with Gasteiger partial charge in [0.05, 0.1) is 0 Å². The van der Waals surface area contributed by atoms with Crippen molar-refractivity contribution in [2.75, 3.05) is 5.73 Å². The van der Waals surface area contributed by atoms with Gasteiger partial charge in [-0.05, 0) is 17.5 Å². The molecule has 12 heavy (non-hydrogen) atoms. The Bertz CT molecular complexity index is 256. The van der Waals surface area contributed by atoms with Crippen LogP contribution in [0, 0.1) is 0 Å². The van der Waals surface area contributed by atoms with Crippen LogP contribution in [0.2, 0.25) is 0 Å². The van der Waals surface area contributed by atoms with Crippen molar-refractivity contribution in [2.45, 2.75) is 26.3 Å². The Morgan fingerprint density at radius 2 is 1.92 bits per heavy atom. The van der Waals surface area contributed by atoms with Crippen LogP contribution in [0.25, 0.3) is 0 Å². The molecule has 0 aliphatic rings. The van der Waals surface area contributed by atoms with E-state index in [1.165, 1.54) is 5.56 Å². The summed E-state index contributed by atoms with van der Waals surface area (Å²) in [5, 5.41) is 0. The van der Waals surface area contributed by atoms with Gasteiger partial charge in [-0.1, -0.05) is 31.5 Å². The van der Waals surface area contributed by atoms with Gasteiger partial charge in [0.1, 0.15) is 0 Å². The van der Waals surface area contributed by atoms with Crippen LogP contribution in [0.1, 0.15) is 24.5 Å². The van der Waals surface area contributed by atoms with Crippen molar-refractivity contribution in [3.8, 4) is 0 Å². The number of nitrogens with two attached hydrogens (primary N) is 2. The highest BCUT2D eigenvalue weighted by molar-refractivity contribution is 5.53. The highest BCUT2D eigenvalue weighted by atomic mass is 14.6. The zero-order valence-corrected chi connectivity index (χ0v) is 7.51. The molecule has 1 aromatic carbocycles. The third-order valence-electron chi connectivity index (χ3n) is 2.03. The van der Waals surface area contributed by atoms with E-state index in [4.69, 9.17) is 11.5 Å². The maximum atomic E-state index is 5.90. The highest BCUT2D eigenvalue weighted by Gasteiger charge is 2.01. The van der Waals surface area contributed by atoms with E-state index in [0.29, 0.717) is 6.54 Å². The van der Waals surface area contributed by atoms with Gasteiger partial charge in [-0.2, -0.15) is 0 Å². The largest absolute Gasteiger partial charge is 0.398 e. The minimum absolute atomic E-state index is 0.531. The lowest BCUT2D eigenvalue weighted by molar-refractivity contribution is 0.919. The molecule has 0 spiro atoms. The molecule has 0 unspecified atom stereocenters. The lowest BCUT2D eigenvalue weighted by Crippen LogP contribution is -2.04. The van der Waals surface area contributed by atoms with E-state index in [0.717, 1.165) is 24.1 Å². The quantitative estimate of drug-likeness (QED) is 0.668. The molecule has 0 aliphatic heterocycles. The van der Waals surface area contributed by atoms with E-state index >= 15 is 0 Å². The summed E-state index contributed by atoms with van der Waals surface area (Å²) in [6.07, 6.45) is 2.16. The lowest BCUT2D eigenvalue weighted by atomic mass is 10.0. The maximum Gasteiger partial charge on any atom is 0.0392 e. The van der Waals surface area contributed by atoms with Crippen molar-refractivity contribution in [3.05, 3.63) is 29.3 Å². The first-order chi connectivity index (χ1) is 5.79. The van der Waals surface area contributed by atoms with Gasteiger partial charge >= 0.3 is 0 Å². The van der Waals surface area contributed by atoms with Gasteiger partial charge in [0.2, 0.25) is 0 Å². The first kappa shape index (κ1) is 9.07. The molecular weight excluding hydrogens is 148 g/mol. The maximum absolute atomic E-state index is 5.90. The molecule has 0 aliphatic carbocycles. The number of rotatable bonds is 3. The van der Waals surface area contributed by atoms with E-state index in [1.807, 2.05) is 12.1 Å². The smallest absolute Gasteiger partial charge is 0.0392 e. The van der Waals surface area contributed by atoms with E-state index in [2.05, 4.69) is 13.0 Å². The predicted molar refractivity (Wildman–Crippen MR) is 52.7 cm³/mol. The molecule has 0 saturated heterocycles. The second-order valence-electron chi connectivity index (χ2n) is 2.94. The highest BCUT2D eigenvalue weighted by Crippen LogP contribution is 2.18. The van der Waals surface area contributed by atoms with Crippen LogP contribution >= 0.6 is 0 Å². The topological polar surface area (TPSA) is 52.0 Å². The SMILES string of the molecule is CCCc1cccc(CN)c1N. The summed E-state index contributed by atoms with van der Waals surface area (Å²) in [6.45, 7) is 2.68. The molecule has 1 rings (SSSR count). The standard InChI is InChI=1S/C10H16N2/c1-2-4-8-5-3-6-9(7-11)10(8)12/h3,5-6H,2,4,7,11-12H2,1H3. The lowest BCUT2D eigenvalue weighted by Gasteiger charge is -2.07. The van der Waals surface area contributed by atoms with Crippen LogP contribution in [-0.4, -0.2) is 0 Å². The van der Waals surface area contributed by atoms with Gasteiger partial charge in [0, 0.05) is 12.2 Å². The summed E-state index contributed by atoms with van der Waals surface area (Å²) in [5.74, 6) is 0. The van der Waals surface area contributed by atoms with Crippen LogP contribution in [0.15, 0.2) is 18.2 Å². The number of para-hydroxylation sites is 1. The van der Waals surface area contributed by atoms with Crippen molar-refractivity contribution in [1.29, 1.82) is 0 Å². The first-order valence-corrected chi connectivity index (χ1v) is 4.36. The fraction of sp³-hybridized carbons (Fsp3) is 0.400. The Morgan fingerprint density at radius 1 is 1.25 bits per heavy atom. The molecule has 1 aromatic rings. The molecule has 0 atom stereocenters. The number of nitrogen functional groups attached to an aromatic ring is 1. The molecule has 0 heterocycles. The summed E-state index contributed by atoms with van der Waals surface area (Å²) >= 11 is 0. The minimum Gasteiger partial charge on any atom is -0.398 e. The van der Waals surface area contributed by atoms with Crippen molar-refractivity contribution >= 4 is 5.69 Å². The molecule has 2 nitrogen and oxygen atoms in total. The average molecular weight is 164 g/mol. The normalized spacial score (nSPS) is 10.2. The third kappa shape index (κ3) is 1.77. The summed E-state index contributed by atoms with van der Waals surface area (Å²) in [5.41, 5.74) is 14.6. The second-order valence-corrected chi connectivity index (χ2v) is 2.94. The van der Waals surface area contributed by atoms with Gasteiger partial charge in [0.25, 0.3) is 0 Å². The fourth-order valence-corrected chi connectivity index (χ4v) is 1.33. The molecule has 66 valence electrons. The summed E-state index contributed by atoms with van der Waals surface area (Å²) in [6, 6.07) is 6.07. The van der Waals surface area contributed by atoms with E-state index in [9.17, 15) is 0 Å². The molecule has 0 saturated carbocycles. The first-order valence-electron chi connectivity index (χ1n) is 4.36. The Morgan fingerprint density at radius 3 is 2.50 bits per heavy atom. The minimum atomic E-state index is 0.531. The summed E-state index contributed by atoms with van der Waals surface area (Å²) < 4.78 is 0. The Hall–Kier alpha value is -1.02. The van der Waals surface area contributed by atoms with Gasteiger partial charge in [0.15, 0.2) is 0 Å². The summed E-state index contributed by atoms with van der Waals surface area (Å²) in [4.78, 5) is 0. The zero-order chi connectivity index (χ0) is 8.97. The Labute approximate surface area is 73.6 Å². The zero-order valence-electron chi connectivity index (χ0n) is 7.51. The number of benzene rings is 1. The van der Waals surface area contributed by atoms with E-state index in [1.54, 1.807) is 0 Å². The number of hydrogen-bond acceptors (Lipinski definition) is 2. The Balaban J connectivity index is 2.97.